The Kier molecular flexibility index (Phi) is 9.53. The highest BCUT2D eigenvalue weighted by Gasteiger charge is 2.37. The summed E-state index contributed by atoms with van der Waals surface area (Å²) >= 11 is 0. The molecule has 1 saturated heterocycles. The fourth-order valence-corrected chi connectivity index (χ4v) is 3.06. The third-order valence-electron chi connectivity index (χ3n) is 5.08. The van der Waals surface area contributed by atoms with Crippen LogP contribution >= 0.6 is 0 Å². The highest BCUT2D eigenvalue weighted by atomic mass is 16.4. The van der Waals surface area contributed by atoms with Crippen LogP contribution in [0.4, 0.5) is 0 Å². The Morgan fingerprint density at radius 2 is 1.86 bits per heavy atom. The van der Waals surface area contributed by atoms with Crippen LogP contribution in [0.15, 0.2) is 0 Å². The lowest BCUT2D eigenvalue weighted by Gasteiger charge is -2.27. The van der Waals surface area contributed by atoms with Crippen LogP contribution in [0.3, 0.4) is 0 Å². The predicted molar refractivity (Wildman–Crippen MR) is 102 cm³/mol. The molecule has 1 heterocycles. The van der Waals surface area contributed by atoms with E-state index in [2.05, 4.69) is 10.6 Å². The number of hydrogen-bond acceptors (Lipinski definition) is 6. The largest absolute Gasteiger partial charge is 0.481 e. The molecule has 3 amide bonds. The molecule has 11 heteroatoms. The first-order valence-electron chi connectivity index (χ1n) is 9.66. The first-order chi connectivity index (χ1) is 13.6. The number of amides is 3. The fourth-order valence-electron chi connectivity index (χ4n) is 3.06. The molecule has 164 valence electrons. The van der Waals surface area contributed by atoms with Gasteiger partial charge < -0.3 is 31.5 Å². The summed E-state index contributed by atoms with van der Waals surface area (Å²) in [5.74, 6) is -4.22. The van der Waals surface area contributed by atoms with Gasteiger partial charge in [-0.05, 0) is 25.2 Å². The van der Waals surface area contributed by atoms with Crippen molar-refractivity contribution in [1.82, 2.24) is 15.5 Å². The number of carboxylic acids is 2. The van der Waals surface area contributed by atoms with E-state index in [1.165, 1.54) is 0 Å². The van der Waals surface area contributed by atoms with Gasteiger partial charge in [0.2, 0.25) is 17.7 Å². The lowest BCUT2D eigenvalue weighted by molar-refractivity contribution is -0.149. The highest BCUT2D eigenvalue weighted by Crippen LogP contribution is 2.19. The number of carbonyl (C=O) groups excluding carboxylic acids is 3. The minimum Gasteiger partial charge on any atom is -0.481 e. The van der Waals surface area contributed by atoms with E-state index < -0.39 is 54.3 Å². The van der Waals surface area contributed by atoms with Gasteiger partial charge in [-0.2, -0.15) is 0 Å². The standard InChI is InChI=1S/C18H30N4O7/c1-3-10(2)15(19)16(26)20-9-13(23)21-11(6-7-14(24)25)17(27)22-8-4-5-12(22)18(28)29/h10-12,15H,3-9,19H2,1-2H3,(H,20,26)(H,21,23)(H,24,25)(H,28,29). The van der Waals surface area contributed by atoms with Gasteiger partial charge in [0.05, 0.1) is 12.6 Å². The third kappa shape index (κ3) is 7.33. The number of nitrogens with zero attached hydrogens (tertiary/aromatic N) is 1. The first-order valence-corrected chi connectivity index (χ1v) is 9.66. The molecular formula is C18H30N4O7. The van der Waals surface area contributed by atoms with E-state index in [1.54, 1.807) is 6.92 Å². The van der Waals surface area contributed by atoms with Gasteiger partial charge in [0, 0.05) is 13.0 Å². The fraction of sp³-hybridized carbons (Fsp3) is 0.722. The number of carboxylic acid groups (broad SMARTS) is 2. The van der Waals surface area contributed by atoms with Crippen LogP contribution in [0, 0.1) is 5.92 Å². The Morgan fingerprint density at radius 1 is 1.21 bits per heavy atom. The second kappa shape index (κ2) is 11.3. The normalized spacial score (nSPS) is 19.1. The SMILES string of the molecule is CCC(C)C(N)C(=O)NCC(=O)NC(CCC(=O)O)C(=O)N1CCCC1C(=O)O. The summed E-state index contributed by atoms with van der Waals surface area (Å²) in [6.07, 6.45) is 0.916. The minimum absolute atomic E-state index is 0.0777. The van der Waals surface area contributed by atoms with E-state index in [0.717, 1.165) is 4.90 Å². The molecule has 0 aromatic rings. The van der Waals surface area contributed by atoms with Crippen molar-refractivity contribution in [3.63, 3.8) is 0 Å². The first kappa shape index (κ1) is 24.3. The summed E-state index contributed by atoms with van der Waals surface area (Å²) in [4.78, 5) is 60.2. The monoisotopic (exact) mass is 414 g/mol. The number of nitrogens with one attached hydrogen (secondary N) is 2. The summed E-state index contributed by atoms with van der Waals surface area (Å²) in [5.41, 5.74) is 5.79. The van der Waals surface area contributed by atoms with E-state index in [0.29, 0.717) is 19.3 Å². The Bertz CT molecular complexity index is 640. The average molecular weight is 414 g/mol. The number of hydrogen-bond donors (Lipinski definition) is 5. The van der Waals surface area contributed by atoms with Gasteiger partial charge in [-0.15, -0.1) is 0 Å². The van der Waals surface area contributed by atoms with Crippen molar-refractivity contribution in [1.29, 1.82) is 0 Å². The van der Waals surface area contributed by atoms with E-state index in [9.17, 15) is 29.1 Å². The quantitative estimate of drug-likeness (QED) is 0.283. The maximum Gasteiger partial charge on any atom is 0.326 e. The molecule has 4 unspecified atom stereocenters. The summed E-state index contributed by atoms with van der Waals surface area (Å²) in [5, 5.41) is 22.9. The van der Waals surface area contributed by atoms with Gasteiger partial charge in [0.1, 0.15) is 12.1 Å². The topological polar surface area (TPSA) is 179 Å². The third-order valence-corrected chi connectivity index (χ3v) is 5.08. The molecule has 6 N–H and O–H groups in total. The average Bonchev–Trinajstić information content (AvgIpc) is 3.17. The Labute approximate surface area is 169 Å². The van der Waals surface area contributed by atoms with Crippen LogP contribution in [0.2, 0.25) is 0 Å². The molecule has 1 aliphatic heterocycles. The van der Waals surface area contributed by atoms with Crippen molar-refractivity contribution in [2.75, 3.05) is 13.1 Å². The second-order valence-electron chi connectivity index (χ2n) is 7.21. The molecule has 1 rings (SSSR count). The highest BCUT2D eigenvalue weighted by molar-refractivity contribution is 5.93. The predicted octanol–water partition coefficient (Wildman–Crippen LogP) is -1.10. The van der Waals surface area contributed by atoms with E-state index in [1.807, 2.05) is 6.92 Å². The molecule has 0 saturated carbocycles. The zero-order chi connectivity index (χ0) is 22.1. The van der Waals surface area contributed by atoms with Crippen LogP contribution in [0.1, 0.15) is 46.0 Å². The zero-order valence-corrected chi connectivity index (χ0v) is 16.7. The molecule has 0 aliphatic carbocycles. The number of rotatable bonds is 11. The van der Waals surface area contributed by atoms with E-state index in [-0.39, 0.29) is 25.3 Å². The van der Waals surface area contributed by atoms with Crippen molar-refractivity contribution in [3.8, 4) is 0 Å². The Hall–Kier alpha value is -2.69. The molecule has 11 nitrogen and oxygen atoms in total. The number of carbonyl (C=O) groups is 5. The number of nitrogens with two attached hydrogens (primary N) is 1. The number of likely N-dealkylation sites (tertiary alicyclic amines) is 1. The summed E-state index contributed by atoms with van der Waals surface area (Å²) in [7, 11) is 0. The Balaban J connectivity index is 2.73. The van der Waals surface area contributed by atoms with Gasteiger partial charge in [-0.1, -0.05) is 20.3 Å². The van der Waals surface area contributed by atoms with Gasteiger partial charge in [-0.25, -0.2) is 4.79 Å². The van der Waals surface area contributed by atoms with Gasteiger partial charge in [0.15, 0.2) is 0 Å². The second-order valence-corrected chi connectivity index (χ2v) is 7.21. The van der Waals surface area contributed by atoms with Gasteiger partial charge >= 0.3 is 11.9 Å². The van der Waals surface area contributed by atoms with Crippen LogP contribution in [0.25, 0.3) is 0 Å². The van der Waals surface area contributed by atoms with Gasteiger partial charge in [0.25, 0.3) is 0 Å². The molecule has 0 aromatic carbocycles. The lowest BCUT2D eigenvalue weighted by Crippen LogP contribution is -2.54. The van der Waals surface area contributed by atoms with Crippen molar-refractivity contribution in [2.45, 2.75) is 64.1 Å². The van der Waals surface area contributed by atoms with Crippen molar-refractivity contribution in [3.05, 3.63) is 0 Å². The smallest absolute Gasteiger partial charge is 0.326 e. The summed E-state index contributed by atoms with van der Waals surface area (Å²) < 4.78 is 0. The molecule has 0 spiro atoms. The molecule has 1 aliphatic rings. The number of aliphatic carboxylic acids is 2. The summed E-state index contributed by atoms with van der Waals surface area (Å²) in [6.45, 7) is 3.48. The Morgan fingerprint density at radius 3 is 2.41 bits per heavy atom. The van der Waals surface area contributed by atoms with E-state index in [4.69, 9.17) is 10.8 Å². The lowest BCUT2D eigenvalue weighted by atomic mass is 9.99. The molecule has 0 bridgehead atoms. The van der Waals surface area contributed by atoms with E-state index >= 15 is 0 Å². The summed E-state index contributed by atoms with van der Waals surface area (Å²) in [6, 6.07) is -2.98. The van der Waals surface area contributed by atoms with Crippen molar-refractivity contribution >= 4 is 29.7 Å². The maximum absolute atomic E-state index is 12.7. The molecule has 0 aromatic heterocycles. The molecule has 0 radical (unpaired) electrons. The molecule has 1 fully saturated rings. The minimum atomic E-state index is -1.20. The van der Waals surface area contributed by atoms with Crippen LogP contribution in [-0.2, 0) is 24.0 Å². The van der Waals surface area contributed by atoms with Crippen LogP contribution in [0.5, 0.6) is 0 Å². The van der Waals surface area contributed by atoms with Gasteiger partial charge in [-0.3, -0.25) is 19.2 Å². The van der Waals surface area contributed by atoms with Crippen molar-refractivity contribution in [2.24, 2.45) is 11.7 Å². The molecular weight excluding hydrogens is 384 g/mol. The van der Waals surface area contributed by atoms with Crippen LogP contribution in [-0.4, -0.2) is 76.0 Å². The molecule has 29 heavy (non-hydrogen) atoms. The zero-order valence-electron chi connectivity index (χ0n) is 16.7. The maximum atomic E-state index is 12.7. The van der Waals surface area contributed by atoms with Crippen LogP contribution < -0.4 is 16.4 Å². The molecule has 4 atom stereocenters. The van der Waals surface area contributed by atoms with Crippen molar-refractivity contribution < 1.29 is 34.2 Å².